The normalized spacial score (nSPS) is 17.2. The minimum atomic E-state index is -0.928. The third kappa shape index (κ3) is 14.6. The fourth-order valence-corrected chi connectivity index (χ4v) is 10.1. The third-order valence-corrected chi connectivity index (χ3v) is 14.7. The molecule has 0 bridgehead atoms. The van der Waals surface area contributed by atoms with Gasteiger partial charge >= 0.3 is 0 Å². The molecule has 18 heteroatoms. The van der Waals surface area contributed by atoms with E-state index in [1.54, 1.807) is 23.6 Å². The van der Waals surface area contributed by atoms with Gasteiger partial charge in [-0.2, -0.15) is 0 Å². The second kappa shape index (κ2) is 24.8. The first-order valence-corrected chi connectivity index (χ1v) is 26.1. The summed E-state index contributed by atoms with van der Waals surface area (Å²) in [6.07, 6.45) is 1.05. The van der Waals surface area contributed by atoms with Gasteiger partial charge in [-0.05, 0) is 71.8 Å². The number of piperazine rings is 1. The topological polar surface area (TPSA) is 176 Å². The molecule has 3 aromatic carbocycles. The Bertz CT molecular complexity index is 2700. The first kappa shape index (κ1) is 54.8. The lowest BCUT2D eigenvalue weighted by molar-refractivity contribution is -0.144. The molecule has 0 saturated carbocycles. The van der Waals surface area contributed by atoms with Gasteiger partial charge in [0.25, 0.3) is 0 Å². The molecule has 4 heterocycles. The Morgan fingerprint density at radius 2 is 1.62 bits per heavy atom. The number of nitrogens with zero attached hydrogens (tertiary/aromatic N) is 7. The Balaban J connectivity index is 0.771. The summed E-state index contributed by atoms with van der Waals surface area (Å²) >= 11 is 7.89. The molecule has 4 atom stereocenters. The van der Waals surface area contributed by atoms with Crippen molar-refractivity contribution in [1.82, 2.24) is 35.4 Å². The molecule has 73 heavy (non-hydrogen) atoms. The Hall–Kier alpha value is -6.00. The number of hydrogen-bond donors (Lipinski definition) is 3. The molecular weight excluding hydrogens is 966 g/mol. The van der Waals surface area contributed by atoms with Gasteiger partial charge in [0.15, 0.2) is 5.69 Å². The van der Waals surface area contributed by atoms with E-state index in [1.807, 2.05) is 107 Å². The number of halogens is 1. The Morgan fingerprint density at radius 3 is 2.29 bits per heavy atom. The van der Waals surface area contributed by atoms with Gasteiger partial charge < -0.3 is 39.8 Å². The smallest absolute Gasteiger partial charge is 0.246 e. The molecule has 2 fully saturated rings. The first-order valence-electron chi connectivity index (χ1n) is 24.8. The van der Waals surface area contributed by atoms with Gasteiger partial charge in [-0.3, -0.25) is 19.3 Å². The van der Waals surface area contributed by atoms with Crippen molar-refractivity contribution in [1.29, 1.82) is 0 Å². The van der Waals surface area contributed by atoms with Crippen LogP contribution in [0.5, 0.6) is 5.75 Å². The molecule has 7 rings (SSSR count). The molecule has 0 spiro atoms. The largest absolute Gasteiger partial charge is 0.487 e. The predicted octanol–water partition coefficient (Wildman–Crippen LogP) is 7.93. The maximum Gasteiger partial charge on any atom is 0.246 e. The highest BCUT2D eigenvalue weighted by atomic mass is 35.5. The number of carbonyl (C=O) groups is 3. The SMILES string of the molecule is [C-]#[N+]c1cc(Cl)cc(C(C)(C)c2ccc(OCc3ccnc(N4CCN(CCOCCOCCC(=O)N[C@H](C(=O)N5C[C@H](O)C[C@H]5C(=O)N[C@@H](C)c5ccc(-c6scnc6C)cc5)C(C)(C)C)CC4)n3)cc2)c1. The van der Waals surface area contributed by atoms with Crippen molar-refractivity contribution in [2.75, 3.05) is 70.6 Å². The highest BCUT2D eigenvalue weighted by Gasteiger charge is 2.44. The van der Waals surface area contributed by atoms with Crippen LogP contribution >= 0.6 is 22.9 Å². The molecular formula is C55H68ClN9O7S. The number of thiazole rings is 1. The lowest BCUT2D eigenvalue weighted by Gasteiger charge is -2.35. The van der Waals surface area contributed by atoms with Gasteiger partial charge in [-0.25, -0.2) is 19.8 Å². The van der Waals surface area contributed by atoms with Crippen LogP contribution in [-0.4, -0.2) is 131 Å². The number of aliphatic hydroxyl groups is 1. The van der Waals surface area contributed by atoms with E-state index in [1.165, 1.54) is 4.90 Å². The molecule has 0 unspecified atom stereocenters. The van der Waals surface area contributed by atoms with E-state index < -0.39 is 29.5 Å². The second-order valence-corrected chi connectivity index (χ2v) is 21.6. The number of aryl methyl sites for hydroxylation is 1. The van der Waals surface area contributed by atoms with Crippen LogP contribution in [-0.2, 0) is 35.9 Å². The average Bonchev–Trinajstić information content (AvgIpc) is 4.00. The average molecular weight is 1030 g/mol. The predicted molar refractivity (Wildman–Crippen MR) is 284 cm³/mol. The molecule has 3 amide bonds. The van der Waals surface area contributed by atoms with E-state index in [2.05, 4.69) is 49.1 Å². The number of ether oxygens (including phenoxy) is 3. The number of nitrogens with one attached hydrogen (secondary N) is 2. The number of anilines is 1. The summed E-state index contributed by atoms with van der Waals surface area (Å²) in [6.45, 7) is 26.7. The van der Waals surface area contributed by atoms with E-state index in [4.69, 9.17) is 37.4 Å². The molecule has 388 valence electrons. The van der Waals surface area contributed by atoms with Gasteiger partial charge in [0.1, 0.15) is 24.4 Å². The van der Waals surface area contributed by atoms with E-state index in [0.717, 1.165) is 77.0 Å². The minimum absolute atomic E-state index is 0.00435. The minimum Gasteiger partial charge on any atom is -0.487 e. The van der Waals surface area contributed by atoms with Gasteiger partial charge in [0, 0.05) is 68.7 Å². The lowest BCUT2D eigenvalue weighted by Crippen LogP contribution is -2.58. The maximum atomic E-state index is 14.1. The van der Waals surface area contributed by atoms with Crippen LogP contribution in [0.2, 0.25) is 5.02 Å². The van der Waals surface area contributed by atoms with E-state index in [-0.39, 0.29) is 49.3 Å². The zero-order chi connectivity index (χ0) is 52.3. The zero-order valence-electron chi connectivity index (χ0n) is 42.9. The van der Waals surface area contributed by atoms with Gasteiger partial charge in [0.2, 0.25) is 23.7 Å². The van der Waals surface area contributed by atoms with Crippen LogP contribution < -0.4 is 20.3 Å². The van der Waals surface area contributed by atoms with Gasteiger partial charge in [-0.1, -0.05) is 88.7 Å². The standard InChI is InChI=1S/C55H68ClN9O7S/c1-36(38-9-11-39(12-10-38)49-37(2)59-35-73-49)60-51(68)47-32-45(66)33-65(47)52(69)50(54(3,4)5)62-48(67)18-25-70-27-28-71-26-24-63-20-22-64(23-21-63)53-58-19-17-43(61-53)34-72-46-15-13-40(14-16-46)55(6,7)41-29-42(56)31-44(30-41)57-8/h9-17,19,29-31,35-36,45,47,50,66H,18,20-28,32-34H2,1-7H3,(H,60,68)(H,62,67)/t36-,45+,47-,50+/m0/s1. The van der Waals surface area contributed by atoms with Crippen LogP contribution in [0.1, 0.15) is 88.5 Å². The van der Waals surface area contributed by atoms with Crippen LogP contribution in [0, 0.1) is 18.9 Å². The molecule has 0 aliphatic carbocycles. The molecule has 3 N–H and O–H groups in total. The lowest BCUT2D eigenvalue weighted by atomic mass is 9.78. The Labute approximate surface area is 438 Å². The third-order valence-electron chi connectivity index (χ3n) is 13.5. The summed E-state index contributed by atoms with van der Waals surface area (Å²) in [6, 6.07) is 21.1. The maximum absolute atomic E-state index is 14.1. The highest BCUT2D eigenvalue weighted by molar-refractivity contribution is 7.13. The summed E-state index contributed by atoms with van der Waals surface area (Å²) in [5.41, 5.74) is 7.05. The van der Waals surface area contributed by atoms with E-state index >= 15 is 0 Å². The quantitative estimate of drug-likeness (QED) is 0.0479. The van der Waals surface area contributed by atoms with Crippen molar-refractivity contribution in [3.63, 3.8) is 0 Å². The number of benzene rings is 3. The molecule has 0 radical (unpaired) electrons. The molecule has 2 saturated heterocycles. The summed E-state index contributed by atoms with van der Waals surface area (Å²) in [7, 11) is 0. The second-order valence-electron chi connectivity index (χ2n) is 20.3. The number of hydrogen-bond acceptors (Lipinski definition) is 13. The van der Waals surface area contributed by atoms with E-state index in [0.29, 0.717) is 43.1 Å². The van der Waals surface area contributed by atoms with Crippen molar-refractivity contribution in [2.45, 2.75) is 97.6 Å². The molecule has 5 aromatic rings. The number of likely N-dealkylation sites (tertiary alicyclic amines) is 1. The number of β-amino-alcohol motifs (C(OH)–C–C–N with tert-alkyl or cyclic N) is 1. The molecule has 2 aromatic heterocycles. The summed E-state index contributed by atoms with van der Waals surface area (Å²) < 4.78 is 17.7. The van der Waals surface area contributed by atoms with Crippen molar-refractivity contribution < 1.29 is 33.7 Å². The van der Waals surface area contributed by atoms with Crippen molar-refractivity contribution >= 4 is 52.3 Å². The van der Waals surface area contributed by atoms with Crippen molar-refractivity contribution in [3.8, 4) is 16.2 Å². The number of carbonyl (C=O) groups excluding carboxylic acids is 3. The molecule has 2 aliphatic heterocycles. The number of amides is 3. The summed E-state index contributed by atoms with van der Waals surface area (Å²) in [4.78, 5) is 65.2. The number of aromatic nitrogens is 3. The number of aliphatic hydroxyl groups excluding tert-OH is 1. The Morgan fingerprint density at radius 1 is 0.904 bits per heavy atom. The Kier molecular flexibility index (Phi) is 18.6. The highest BCUT2D eigenvalue weighted by Crippen LogP contribution is 2.36. The number of rotatable bonds is 21. The zero-order valence-corrected chi connectivity index (χ0v) is 44.5. The van der Waals surface area contributed by atoms with Crippen LogP contribution in [0.25, 0.3) is 15.3 Å². The van der Waals surface area contributed by atoms with Gasteiger partial charge in [0.05, 0.1) is 66.9 Å². The van der Waals surface area contributed by atoms with Crippen LogP contribution in [0.15, 0.2) is 84.5 Å². The monoisotopic (exact) mass is 1030 g/mol. The van der Waals surface area contributed by atoms with E-state index in [9.17, 15) is 19.5 Å². The fourth-order valence-electron chi connectivity index (χ4n) is 9.01. The van der Waals surface area contributed by atoms with Gasteiger partial charge in [-0.15, -0.1) is 11.3 Å². The summed E-state index contributed by atoms with van der Waals surface area (Å²) in [5, 5.41) is 17.1. The molecule has 2 aliphatic rings. The van der Waals surface area contributed by atoms with Crippen LogP contribution in [0.4, 0.5) is 11.6 Å². The van der Waals surface area contributed by atoms with Crippen molar-refractivity contribution in [3.05, 3.63) is 129 Å². The fraction of sp³-hybridized carbons (Fsp3) is 0.473. The summed E-state index contributed by atoms with van der Waals surface area (Å²) in [5.74, 6) is 0.281. The molecule has 16 nitrogen and oxygen atoms in total. The first-order chi connectivity index (χ1) is 34.9. The van der Waals surface area contributed by atoms with Crippen LogP contribution in [0.3, 0.4) is 0 Å². The van der Waals surface area contributed by atoms with Crippen molar-refractivity contribution in [2.24, 2.45) is 5.41 Å².